The van der Waals surface area contributed by atoms with Gasteiger partial charge in [-0.15, -0.1) is 0 Å². The minimum Gasteiger partial charge on any atom is -0.497 e. The monoisotopic (exact) mass is 216 g/mol. The lowest BCUT2D eigenvalue weighted by Crippen LogP contribution is -2.11. The summed E-state index contributed by atoms with van der Waals surface area (Å²) in [6, 6.07) is 8.03. The Hall–Kier alpha value is -1.61. The van der Waals surface area contributed by atoms with Crippen molar-refractivity contribution in [3.8, 4) is 5.75 Å². The number of ether oxygens (including phenoxy) is 1. The average Bonchev–Trinajstić information content (AvgIpc) is 2.28. The van der Waals surface area contributed by atoms with Crippen molar-refractivity contribution >= 4 is 10.9 Å². The van der Waals surface area contributed by atoms with Crippen LogP contribution in [0.4, 0.5) is 0 Å². The summed E-state index contributed by atoms with van der Waals surface area (Å²) in [5.74, 6) is 0.875. The number of nitrogens with zero attached hydrogens (tertiary/aromatic N) is 2. The third-order valence-electron chi connectivity index (χ3n) is 2.53. The normalized spacial score (nSPS) is 11.0. The predicted molar refractivity (Wildman–Crippen MR) is 65.7 cm³/mol. The van der Waals surface area contributed by atoms with Crippen LogP contribution in [0.25, 0.3) is 10.9 Å². The summed E-state index contributed by atoms with van der Waals surface area (Å²) < 4.78 is 5.24. The SMILES string of the molecule is COc1ccc2nccc(CN(C)C)c2c1. The van der Waals surface area contributed by atoms with E-state index < -0.39 is 0 Å². The zero-order valence-electron chi connectivity index (χ0n) is 9.90. The van der Waals surface area contributed by atoms with E-state index >= 15 is 0 Å². The lowest BCUT2D eigenvalue weighted by Gasteiger charge is -2.12. The molecule has 0 aliphatic carbocycles. The standard InChI is InChI=1S/C13H16N2O/c1-15(2)9-10-6-7-14-13-5-4-11(16-3)8-12(10)13/h4-8H,9H2,1-3H3. The Morgan fingerprint density at radius 1 is 1.25 bits per heavy atom. The van der Waals surface area contributed by atoms with Crippen molar-refractivity contribution in [1.29, 1.82) is 0 Å². The van der Waals surface area contributed by atoms with Gasteiger partial charge in [0.25, 0.3) is 0 Å². The van der Waals surface area contributed by atoms with Gasteiger partial charge in [-0.05, 0) is 43.9 Å². The summed E-state index contributed by atoms with van der Waals surface area (Å²) in [6.07, 6.45) is 1.85. The average molecular weight is 216 g/mol. The van der Waals surface area contributed by atoms with Crippen LogP contribution in [0, 0.1) is 0 Å². The van der Waals surface area contributed by atoms with Crippen molar-refractivity contribution in [2.24, 2.45) is 0 Å². The van der Waals surface area contributed by atoms with Gasteiger partial charge in [-0.1, -0.05) is 0 Å². The number of hydrogen-bond donors (Lipinski definition) is 0. The van der Waals surface area contributed by atoms with Crippen LogP contribution in [-0.4, -0.2) is 31.1 Å². The van der Waals surface area contributed by atoms with Gasteiger partial charge < -0.3 is 9.64 Å². The van der Waals surface area contributed by atoms with Crippen molar-refractivity contribution < 1.29 is 4.74 Å². The Labute approximate surface area is 95.7 Å². The minimum absolute atomic E-state index is 0.875. The van der Waals surface area contributed by atoms with Crippen LogP contribution in [0.15, 0.2) is 30.5 Å². The molecule has 0 bridgehead atoms. The van der Waals surface area contributed by atoms with Crippen molar-refractivity contribution in [3.63, 3.8) is 0 Å². The molecule has 0 fully saturated rings. The molecule has 1 aromatic heterocycles. The Bertz CT molecular complexity index is 494. The highest BCUT2D eigenvalue weighted by Gasteiger charge is 2.04. The van der Waals surface area contributed by atoms with Gasteiger partial charge in [0.1, 0.15) is 5.75 Å². The van der Waals surface area contributed by atoms with Crippen molar-refractivity contribution in [1.82, 2.24) is 9.88 Å². The first-order valence-electron chi connectivity index (χ1n) is 5.27. The third-order valence-corrected chi connectivity index (χ3v) is 2.53. The van der Waals surface area contributed by atoms with E-state index in [4.69, 9.17) is 4.74 Å². The maximum atomic E-state index is 5.24. The first-order chi connectivity index (χ1) is 7.70. The molecular weight excluding hydrogens is 200 g/mol. The van der Waals surface area contributed by atoms with E-state index in [0.717, 1.165) is 23.2 Å². The molecule has 0 aliphatic rings. The molecule has 3 heteroatoms. The lowest BCUT2D eigenvalue weighted by molar-refractivity contribution is 0.403. The number of fused-ring (bicyclic) bond motifs is 1. The van der Waals surface area contributed by atoms with E-state index in [-0.39, 0.29) is 0 Å². The van der Waals surface area contributed by atoms with Crippen LogP contribution in [-0.2, 0) is 6.54 Å². The molecule has 0 saturated heterocycles. The molecule has 2 rings (SSSR count). The summed E-state index contributed by atoms with van der Waals surface area (Å²) in [6.45, 7) is 0.909. The highest BCUT2D eigenvalue weighted by molar-refractivity contribution is 5.83. The molecule has 3 nitrogen and oxygen atoms in total. The van der Waals surface area contributed by atoms with Gasteiger partial charge in [-0.2, -0.15) is 0 Å². The highest BCUT2D eigenvalue weighted by Crippen LogP contribution is 2.22. The Morgan fingerprint density at radius 2 is 2.06 bits per heavy atom. The van der Waals surface area contributed by atoms with Gasteiger partial charge in [0, 0.05) is 18.1 Å². The second kappa shape index (κ2) is 4.49. The van der Waals surface area contributed by atoms with Crippen LogP contribution in [0.2, 0.25) is 0 Å². The van der Waals surface area contributed by atoms with E-state index in [0.29, 0.717) is 0 Å². The summed E-state index contributed by atoms with van der Waals surface area (Å²) in [5.41, 5.74) is 2.29. The number of methoxy groups -OCH3 is 1. The van der Waals surface area contributed by atoms with E-state index in [1.807, 2.05) is 24.4 Å². The van der Waals surface area contributed by atoms with Crippen LogP contribution in [0.1, 0.15) is 5.56 Å². The first-order valence-corrected chi connectivity index (χ1v) is 5.27. The molecule has 0 atom stereocenters. The predicted octanol–water partition coefficient (Wildman–Crippen LogP) is 2.31. The summed E-state index contributed by atoms with van der Waals surface area (Å²) >= 11 is 0. The highest BCUT2D eigenvalue weighted by atomic mass is 16.5. The van der Waals surface area contributed by atoms with Gasteiger partial charge in [-0.3, -0.25) is 4.98 Å². The van der Waals surface area contributed by atoms with Gasteiger partial charge in [0.2, 0.25) is 0 Å². The Morgan fingerprint density at radius 3 is 2.75 bits per heavy atom. The molecule has 0 saturated carbocycles. The van der Waals surface area contributed by atoms with Crippen LogP contribution in [0.5, 0.6) is 5.75 Å². The fourth-order valence-corrected chi connectivity index (χ4v) is 1.79. The molecule has 0 spiro atoms. The lowest BCUT2D eigenvalue weighted by atomic mass is 10.1. The molecule has 0 aliphatic heterocycles. The molecule has 0 radical (unpaired) electrons. The number of aromatic nitrogens is 1. The quantitative estimate of drug-likeness (QED) is 0.787. The molecule has 0 amide bonds. The number of pyridine rings is 1. The summed E-state index contributed by atoms with van der Waals surface area (Å²) in [4.78, 5) is 6.50. The molecule has 2 aromatic rings. The van der Waals surface area contributed by atoms with E-state index in [1.165, 1.54) is 5.56 Å². The van der Waals surface area contributed by atoms with Crippen LogP contribution in [0.3, 0.4) is 0 Å². The van der Waals surface area contributed by atoms with Gasteiger partial charge >= 0.3 is 0 Å². The Kier molecular flexibility index (Phi) is 3.06. The maximum absolute atomic E-state index is 5.24. The molecule has 1 heterocycles. The van der Waals surface area contributed by atoms with Gasteiger partial charge in [-0.25, -0.2) is 0 Å². The third kappa shape index (κ3) is 2.14. The first kappa shape index (κ1) is 10.9. The topological polar surface area (TPSA) is 25.4 Å². The van der Waals surface area contributed by atoms with Crippen molar-refractivity contribution in [2.75, 3.05) is 21.2 Å². The maximum Gasteiger partial charge on any atom is 0.119 e. The van der Waals surface area contributed by atoms with E-state index in [2.05, 4.69) is 30.0 Å². The number of rotatable bonds is 3. The van der Waals surface area contributed by atoms with Crippen LogP contribution >= 0.6 is 0 Å². The molecule has 0 N–H and O–H groups in total. The smallest absolute Gasteiger partial charge is 0.119 e. The second-order valence-corrected chi connectivity index (χ2v) is 4.09. The summed E-state index contributed by atoms with van der Waals surface area (Å²) in [7, 11) is 5.81. The fourth-order valence-electron chi connectivity index (χ4n) is 1.79. The van der Waals surface area contributed by atoms with Gasteiger partial charge in [0.15, 0.2) is 0 Å². The fraction of sp³-hybridized carbons (Fsp3) is 0.308. The van der Waals surface area contributed by atoms with Gasteiger partial charge in [0.05, 0.1) is 12.6 Å². The van der Waals surface area contributed by atoms with Crippen molar-refractivity contribution in [3.05, 3.63) is 36.0 Å². The Balaban J connectivity index is 2.55. The zero-order chi connectivity index (χ0) is 11.5. The van der Waals surface area contributed by atoms with E-state index in [1.54, 1.807) is 7.11 Å². The largest absolute Gasteiger partial charge is 0.497 e. The molecule has 84 valence electrons. The molecule has 16 heavy (non-hydrogen) atoms. The summed E-state index contributed by atoms with van der Waals surface area (Å²) in [5, 5.41) is 1.16. The molecular formula is C13H16N2O. The van der Waals surface area contributed by atoms with Crippen LogP contribution < -0.4 is 4.74 Å². The van der Waals surface area contributed by atoms with E-state index in [9.17, 15) is 0 Å². The minimum atomic E-state index is 0.875. The molecule has 1 aromatic carbocycles. The number of hydrogen-bond acceptors (Lipinski definition) is 3. The number of benzene rings is 1. The van der Waals surface area contributed by atoms with Crippen molar-refractivity contribution in [2.45, 2.75) is 6.54 Å². The zero-order valence-corrected chi connectivity index (χ0v) is 9.90. The molecule has 0 unspecified atom stereocenters. The second-order valence-electron chi connectivity index (χ2n) is 4.09.